The first-order chi connectivity index (χ1) is 9.22. The molecule has 2 fully saturated rings. The molecule has 104 valence electrons. The minimum Gasteiger partial charge on any atom is -0.314 e. The van der Waals surface area contributed by atoms with Crippen molar-refractivity contribution in [2.75, 3.05) is 39.3 Å². The first-order valence-electron chi connectivity index (χ1n) is 7.14. The molecule has 3 rings (SSSR count). The zero-order chi connectivity index (χ0) is 13.2. The quantitative estimate of drug-likeness (QED) is 0.885. The molecular weight excluding hydrogens is 241 g/mol. The first kappa shape index (κ1) is 13.0. The van der Waals surface area contributed by atoms with Crippen LogP contribution in [-0.4, -0.2) is 55.1 Å². The van der Waals surface area contributed by atoms with E-state index in [0.717, 1.165) is 63.0 Å². The molecule has 2 aliphatic rings. The van der Waals surface area contributed by atoms with Crippen LogP contribution in [0.2, 0.25) is 0 Å². The Labute approximate surface area is 114 Å². The van der Waals surface area contributed by atoms with Crippen LogP contribution in [0.1, 0.15) is 11.1 Å². The van der Waals surface area contributed by atoms with Gasteiger partial charge in [0.25, 0.3) is 0 Å². The summed E-state index contributed by atoms with van der Waals surface area (Å²) < 4.78 is 13.7. The van der Waals surface area contributed by atoms with Crippen molar-refractivity contribution >= 4 is 0 Å². The van der Waals surface area contributed by atoms with Gasteiger partial charge >= 0.3 is 0 Å². The summed E-state index contributed by atoms with van der Waals surface area (Å²) in [4.78, 5) is 4.92. The fraction of sp³-hybridized carbons (Fsp3) is 0.600. The van der Waals surface area contributed by atoms with Gasteiger partial charge in [0.05, 0.1) is 0 Å². The topological polar surface area (TPSA) is 18.5 Å². The number of piperazine rings is 1. The van der Waals surface area contributed by atoms with Gasteiger partial charge in [0.15, 0.2) is 0 Å². The molecule has 0 atom stereocenters. The van der Waals surface area contributed by atoms with Gasteiger partial charge in [0, 0.05) is 57.4 Å². The third kappa shape index (κ3) is 2.96. The monoisotopic (exact) mass is 263 g/mol. The molecule has 19 heavy (non-hydrogen) atoms. The minimum atomic E-state index is -0.0729. The molecule has 2 saturated heterocycles. The van der Waals surface area contributed by atoms with Crippen molar-refractivity contribution in [3.8, 4) is 0 Å². The second kappa shape index (κ2) is 5.57. The summed E-state index contributed by atoms with van der Waals surface area (Å²) in [7, 11) is 0. The summed E-state index contributed by atoms with van der Waals surface area (Å²) in [6.07, 6.45) is 0. The first-order valence-corrected chi connectivity index (χ1v) is 7.14. The highest BCUT2D eigenvalue weighted by Gasteiger charge is 2.27. The van der Waals surface area contributed by atoms with Crippen molar-refractivity contribution in [3.63, 3.8) is 0 Å². The van der Waals surface area contributed by atoms with Gasteiger partial charge in [-0.05, 0) is 13.0 Å². The molecule has 4 heteroatoms. The van der Waals surface area contributed by atoms with Crippen LogP contribution in [0.4, 0.5) is 4.39 Å². The molecule has 0 bridgehead atoms. The number of nitrogens with zero attached hydrogens (tertiary/aromatic N) is 2. The molecule has 0 aromatic heterocycles. The van der Waals surface area contributed by atoms with Gasteiger partial charge < -0.3 is 5.32 Å². The molecule has 2 heterocycles. The number of hydrogen-bond acceptors (Lipinski definition) is 3. The lowest BCUT2D eigenvalue weighted by Gasteiger charge is -2.43. The Bertz CT molecular complexity index is 437. The molecule has 0 unspecified atom stereocenters. The van der Waals surface area contributed by atoms with Gasteiger partial charge in [-0.15, -0.1) is 0 Å². The van der Waals surface area contributed by atoms with Crippen molar-refractivity contribution in [1.82, 2.24) is 15.1 Å². The SMILES string of the molecule is Cc1ccc(F)c(CN2CCN(C3CNC3)CC2)c1. The molecule has 2 aliphatic heterocycles. The molecule has 1 N–H and O–H groups in total. The van der Waals surface area contributed by atoms with E-state index >= 15 is 0 Å². The third-order valence-corrected chi connectivity index (χ3v) is 4.28. The largest absolute Gasteiger partial charge is 0.314 e. The Morgan fingerprint density at radius 1 is 1.21 bits per heavy atom. The second-order valence-corrected chi connectivity index (χ2v) is 5.72. The van der Waals surface area contributed by atoms with E-state index in [1.54, 1.807) is 6.07 Å². The summed E-state index contributed by atoms with van der Waals surface area (Å²) in [6.45, 7) is 9.33. The highest BCUT2D eigenvalue weighted by Crippen LogP contribution is 2.15. The fourth-order valence-electron chi connectivity index (χ4n) is 2.88. The van der Waals surface area contributed by atoms with E-state index in [-0.39, 0.29) is 5.82 Å². The Hall–Kier alpha value is -0.970. The molecule has 1 aromatic carbocycles. The number of nitrogens with one attached hydrogen (secondary N) is 1. The van der Waals surface area contributed by atoms with E-state index < -0.39 is 0 Å². The molecule has 0 amide bonds. The zero-order valence-electron chi connectivity index (χ0n) is 11.5. The lowest BCUT2D eigenvalue weighted by molar-refractivity contribution is 0.0691. The average molecular weight is 263 g/mol. The van der Waals surface area contributed by atoms with Crippen LogP contribution >= 0.6 is 0 Å². The van der Waals surface area contributed by atoms with Crippen molar-refractivity contribution in [3.05, 3.63) is 35.1 Å². The van der Waals surface area contributed by atoms with Gasteiger partial charge in [-0.3, -0.25) is 9.80 Å². The highest BCUT2D eigenvalue weighted by molar-refractivity contribution is 5.24. The second-order valence-electron chi connectivity index (χ2n) is 5.72. The zero-order valence-corrected chi connectivity index (χ0v) is 11.5. The van der Waals surface area contributed by atoms with Crippen LogP contribution in [0.15, 0.2) is 18.2 Å². The molecule has 0 spiro atoms. The third-order valence-electron chi connectivity index (χ3n) is 4.28. The molecule has 0 radical (unpaired) electrons. The molecule has 0 aliphatic carbocycles. The summed E-state index contributed by atoms with van der Waals surface area (Å²) in [6, 6.07) is 6.12. The Kier molecular flexibility index (Phi) is 3.82. The van der Waals surface area contributed by atoms with Gasteiger partial charge in [-0.25, -0.2) is 4.39 Å². The number of halogens is 1. The summed E-state index contributed by atoms with van der Waals surface area (Å²) >= 11 is 0. The van der Waals surface area contributed by atoms with Gasteiger partial charge in [0.2, 0.25) is 0 Å². The maximum Gasteiger partial charge on any atom is 0.127 e. The average Bonchev–Trinajstić information content (AvgIpc) is 2.34. The summed E-state index contributed by atoms with van der Waals surface area (Å²) in [5, 5.41) is 3.32. The van der Waals surface area contributed by atoms with Crippen molar-refractivity contribution in [2.24, 2.45) is 0 Å². The summed E-state index contributed by atoms with van der Waals surface area (Å²) in [5.41, 5.74) is 1.97. The van der Waals surface area contributed by atoms with E-state index in [4.69, 9.17) is 0 Å². The van der Waals surface area contributed by atoms with E-state index in [1.807, 2.05) is 19.1 Å². The minimum absolute atomic E-state index is 0.0729. The van der Waals surface area contributed by atoms with Crippen molar-refractivity contribution in [2.45, 2.75) is 19.5 Å². The van der Waals surface area contributed by atoms with Gasteiger partial charge in [0.1, 0.15) is 5.82 Å². The van der Waals surface area contributed by atoms with Crippen LogP contribution in [0.3, 0.4) is 0 Å². The molecule has 0 saturated carbocycles. The molecule has 1 aromatic rings. The van der Waals surface area contributed by atoms with Crippen LogP contribution in [0.5, 0.6) is 0 Å². The standard InChI is InChI=1S/C15H22FN3/c1-12-2-3-15(16)13(8-12)11-18-4-6-19(7-5-18)14-9-17-10-14/h2-3,8,14,17H,4-7,9-11H2,1H3. The predicted molar refractivity (Wildman–Crippen MR) is 74.6 cm³/mol. The highest BCUT2D eigenvalue weighted by atomic mass is 19.1. The van der Waals surface area contributed by atoms with Gasteiger partial charge in [-0.1, -0.05) is 17.7 Å². The van der Waals surface area contributed by atoms with E-state index in [1.165, 1.54) is 0 Å². The predicted octanol–water partition coefficient (Wildman–Crippen LogP) is 1.22. The Morgan fingerprint density at radius 2 is 1.95 bits per heavy atom. The van der Waals surface area contributed by atoms with Crippen molar-refractivity contribution in [1.29, 1.82) is 0 Å². The molecular formula is C15H22FN3. The number of aryl methyl sites for hydroxylation is 1. The van der Waals surface area contributed by atoms with Crippen LogP contribution in [0.25, 0.3) is 0 Å². The Morgan fingerprint density at radius 3 is 2.58 bits per heavy atom. The van der Waals surface area contributed by atoms with E-state index in [0.29, 0.717) is 0 Å². The fourth-order valence-corrected chi connectivity index (χ4v) is 2.88. The Balaban J connectivity index is 1.55. The van der Waals surface area contributed by atoms with Gasteiger partial charge in [-0.2, -0.15) is 0 Å². The normalized spacial score (nSPS) is 22.4. The number of benzene rings is 1. The summed E-state index contributed by atoms with van der Waals surface area (Å²) in [5.74, 6) is -0.0729. The maximum atomic E-state index is 13.7. The van der Waals surface area contributed by atoms with E-state index in [2.05, 4.69) is 15.1 Å². The lowest BCUT2D eigenvalue weighted by atomic mass is 10.1. The molecule has 3 nitrogen and oxygen atoms in total. The van der Waals surface area contributed by atoms with Crippen LogP contribution in [-0.2, 0) is 6.54 Å². The number of hydrogen-bond donors (Lipinski definition) is 1. The van der Waals surface area contributed by atoms with E-state index in [9.17, 15) is 4.39 Å². The lowest BCUT2D eigenvalue weighted by Crippen LogP contribution is -2.61. The van der Waals surface area contributed by atoms with Crippen molar-refractivity contribution < 1.29 is 4.39 Å². The van der Waals surface area contributed by atoms with Crippen LogP contribution < -0.4 is 5.32 Å². The smallest absolute Gasteiger partial charge is 0.127 e. The maximum absolute atomic E-state index is 13.7. The number of rotatable bonds is 3. The van der Waals surface area contributed by atoms with Crippen LogP contribution in [0, 0.1) is 12.7 Å².